The Kier molecular flexibility index (Phi) is 2.31. The van der Waals surface area contributed by atoms with Crippen LogP contribution in [-0.4, -0.2) is 6.17 Å². The molecule has 1 rings (SSSR count). The van der Waals surface area contributed by atoms with Crippen molar-refractivity contribution in [2.75, 3.05) is 0 Å². The predicted molar refractivity (Wildman–Crippen MR) is 41.7 cm³/mol. The van der Waals surface area contributed by atoms with Crippen molar-refractivity contribution in [3.8, 4) is 0 Å². The highest BCUT2D eigenvalue weighted by atomic mass is 19.2. The van der Waals surface area contributed by atoms with Crippen molar-refractivity contribution >= 4 is 0 Å². The fourth-order valence-corrected chi connectivity index (χ4v) is 1.25. The second-order valence-corrected chi connectivity index (χ2v) is 3.16. The monoisotopic (exact) mass is 176 g/mol. The number of halogens is 3. The summed E-state index contributed by atoms with van der Waals surface area (Å²) in [4.78, 5) is 0. The number of hydrogen-bond donors (Lipinski definition) is 0. The summed E-state index contributed by atoms with van der Waals surface area (Å²) >= 11 is 0. The SMILES string of the molecule is CC1=C(F)C(F)C(C)C(C)=C1F. The summed E-state index contributed by atoms with van der Waals surface area (Å²) in [6, 6.07) is 0. The van der Waals surface area contributed by atoms with E-state index in [0.29, 0.717) is 5.57 Å². The second-order valence-electron chi connectivity index (χ2n) is 3.16. The Labute approximate surface area is 69.8 Å². The second kappa shape index (κ2) is 2.96. The first-order valence-corrected chi connectivity index (χ1v) is 3.83. The Hall–Kier alpha value is -0.730. The van der Waals surface area contributed by atoms with Crippen LogP contribution >= 0.6 is 0 Å². The van der Waals surface area contributed by atoms with Crippen LogP contribution in [0.5, 0.6) is 0 Å². The van der Waals surface area contributed by atoms with Crippen LogP contribution in [0.3, 0.4) is 0 Å². The molecule has 0 heterocycles. The molecule has 2 unspecified atom stereocenters. The van der Waals surface area contributed by atoms with E-state index in [9.17, 15) is 13.2 Å². The molecule has 0 spiro atoms. The minimum absolute atomic E-state index is 0.196. The molecule has 0 fully saturated rings. The molecule has 68 valence electrons. The summed E-state index contributed by atoms with van der Waals surface area (Å²) in [5.41, 5.74) is 0.0968. The van der Waals surface area contributed by atoms with Gasteiger partial charge in [-0.25, -0.2) is 13.2 Å². The molecule has 0 nitrogen and oxygen atoms in total. The lowest BCUT2D eigenvalue weighted by molar-refractivity contribution is 0.253. The number of hydrogen-bond acceptors (Lipinski definition) is 0. The van der Waals surface area contributed by atoms with Gasteiger partial charge in [0, 0.05) is 11.5 Å². The zero-order valence-corrected chi connectivity index (χ0v) is 7.29. The zero-order valence-electron chi connectivity index (χ0n) is 7.29. The molecular weight excluding hydrogens is 165 g/mol. The first-order valence-electron chi connectivity index (χ1n) is 3.83. The van der Waals surface area contributed by atoms with E-state index in [2.05, 4.69) is 0 Å². The van der Waals surface area contributed by atoms with E-state index in [4.69, 9.17) is 0 Å². The third kappa shape index (κ3) is 1.17. The van der Waals surface area contributed by atoms with Crippen LogP contribution in [0.4, 0.5) is 13.2 Å². The molecular formula is C9H11F3. The maximum atomic E-state index is 13.1. The van der Waals surface area contributed by atoms with Crippen LogP contribution in [0.15, 0.2) is 22.8 Å². The zero-order chi connectivity index (χ0) is 9.46. The molecule has 1 aliphatic rings. The van der Waals surface area contributed by atoms with Gasteiger partial charge >= 0.3 is 0 Å². The van der Waals surface area contributed by atoms with Gasteiger partial charge in [0.05, 0.1) is 0 Å². The summed E-state index contributed by atoms with van der Waals surface area (Å²) in [6.07, 6.45) is -1.68. The Balaban J connectivity index is 3.18. The highest BCUT2D eigenvalue weighted by Gasteiger charge is 2.32. The molecule has 0 aliphatic heterocycles. The van der Waals surface area contributed by atoms with Crippen molar-refractivity contribution in [2.45, 2.75) is 26.9 Å². The van der Waals surface area contributed by atoms with Gasteiger partial charge in [-0.05, 0) is 19.4 Å². The Morgan fingerprint density at radius 2 is 1.67 bits per heavy atom. The van der Waals surface area contributed by atoms with Crippen LogP contribution in [0.1, 0.15) is 20.8 Å². The standard InChI is InChI=1S/C9H11F3/c1-4-5(2)8(11)9(12)6(3)7(4)10/h5,8H,1-3H3. The molecule has 3 heteroatoms. The molecule has 1 aliphatic carbocycles. The van der Waals surface area contributed by atoms with Gasteiger partial charge in [-0.1, -0.05) is 6.92 Å². The van der Waals surface area contributed by atoms with Crippen molar-refractivity contribution < 1.29 is 13.2 Å². The number of alkyl halides is 1. The van der Waals surface area contributed by atoms with Gasteiger partial charge in [-0.2, -0.15) is 0 Å². The van der Waals surface area contributed by atoms with Crippen molar-refractivity contribution in [3.63, 3.8) is 0 Å². The Morgan fingerprint density at radius 3 is 2.17 bits per heavy atom. The average Bonchev–Trinajstić information content (AvgIpc) is 2.08. The topological polar surface area (TPSA) is 0 Å². The van der Waals surface area contributed by atoms with Crippen LogP contribution < -0.4 is 0 Å². The molecule has 12 heavy (non-hydrogen) atoms. The van der Waals surface area contributed by atoms with Gasteiger partial charge in [0.2, 0.25) is 0 Å². The van der Waals surface area contributed by atoms with Crippen LogP contribution in [0.2, 0.25) is 0 Å². The molecule has 0 amide bonds. The first-order chi connectivity index (χ1) is 5.46. The number of allylic oxidation sites excluding steroid dienone is 4. The minimum atomic E-state index is -1.68. The van der Waals surface area contributed by atoms with Gasteiger partial charge in [0.15, 0.2) is 6.17 Å². The molecule has 0 aromatic heterocycles. The van der Waals surface area contributed by atoms with E-state index in [1.165, 1.54) is 20.8 Å². The van der Waals surface area contributed by atoms with Gasteiger partial charge in [0.25, 0.3) is 0 Å². The van der Waals surface area contributed by atoms with E-state index in [1.54, 1.807) is 0 Å². The van der Waals surface area contributed by atoms with Crippen LogP contribution in [0, 0.1) is 5.92 Å². The summed E-state index contributed by atoms with van der Waals surface area (Å²) in [5, 5.41) is 0. The fourth-order valence-electron chi connectivity index (χ4n) is 1.25. The van der Waals surface area contributed by atoms with E-state index >= 15 is 0 Å². The molecule has 0 bridgehead atoms. The lowest BCUT2D eigenvalue weighted by Crippen LogP contribution is -2.20. The van der Waals surface area contributed by atoms with Gasteiger partial charge in [-0.15, -0.1) is 0 Å². The quantitative estimate of drug-likeness (QED) is 0.530. The lowest BCUT2D eigenvalue weighted by atomic mass is 9.88. The third-order valence-corrected chi connectivity index (χ3v) is 2.40. The smallest absolute Gasteiger partial charge is 0.158 e. The highest BCUT2D eigenvalue weighted by molar-refractivity contribution is 5.37. The van der Waals surface area contributed by atoms with E-state index < -0.39 is 23.7 Å². The summed E-state index contributed by atoms with van der Waals surface area (Å²) < 4.78 is 38.9. The highest BCUT2D eigenvalue weighted by Crippen LogP contribution is 2.37. The summed E-state index contributed by atoms with van der Waals surface area (Å²) in [7, 11) is 0. The minimum Gasteiger partial charge on any atom is -0.239 e. The number of rotatable bonds is 0. The summed E-state index contributed by atoms with van der Waals surface area (Å²) in [5.74, 6) is -2.26. The Bertz CT molecular complexity index is 235. The van der Waals surface area contributed by atoms with Crippen molar-refractivity contribution in [2.24, 2.45) is 5.92 Å². The van der Waals surface area contributed by atoms with E-state index in [0.717, 1.165) is 0 Å². The maximum absolute atomic E-state index is 13.1. The van der Waals surface area contributed by atoms with Gasteiger partial charge in [0.1, 0.15) is 11.7 Å². The largest absolute Gasteiger partial charge is 0.239 e. The molecule has 0 radical (unpaired) electrons. The van der Waals surface area contributed by atoms with E-state index in [-0.39, 0.29) is 5.57 Å². The first kappa shape index (κ1) is 9.36. The summed E-state index contributed by atoms with van der Waals surface area (Å²) in [6.45, 7) is 4.22. The molecule has 0 saturated heterocycles. The van der Waals surface area contributed by atoms with Crippen molar-refractivity contribution in [1.29, 1.82) is 0 Å². The normalized spacial score (nSPS) is 31.5. The Morgan fingerprint density at radius 1 is 1.17 bits per heavy atom. The maximum Gasteiger partial charge on any atom is 0.158 e. The average molecular weight is 176 g/mol. The molecule has 2 atom stereocenters. The molecule has 0 saturated carbocycles. The predicted octanol–water partition coefficient (Wildman–Crippen LogP) is 3.46. The van der Waals surface area contributed by atoms with Crippen LogP contribution in [-0.2, 0) is 0 Å². The van der Waals surface area contributed by atoms with Crippen molar-refractivity contribution in [1.82, 2.24) is 0 Å². The van der Waals surface area contributed by atoms with Gasteiger partial charge < -0.3 is 0 Å². The molecule has 0 N–H and O–H groups in total. The molecule has 0 aromatic rings. The third-order valence-electron chi connectivity index (χ3n) is 2.40. The lowest BCUT2D eigenvalue weighted by Gasteiger charge is -2.23. The van der Waals surface area contributed by atoms with E-state index in [1.807, 2.05) is 0 Å². The van der Waals surface area contributed by atoms with Crippen molar-refractivity contribution in [3.05, 3.63) is 22.8 Å². The molecule has 0 aromatic carbocycles. The van der Waals surface area contributed by atoms with Gasteiger partial charge in [-0.3, -0.25) is 0 Å². The van der Waals surface area contributed by atoms with Crippen LogP contribution in [0.25, 0.3) is 0 Å². The fraction of sp³-hybridized carbons (Fsp3) is 0.556.